The van der Waals surface area contributed by atoms with Crippen molar-refractivity contribution < 1.29 is 14.3 Å². The van der Waals surface area contributed by atoms with Crippen molar-refractivity contribution in [3.8, 4) is 5.75 Å². The van der Waals surface area contributed by atoms with E-state index in [0.29, 0.717) is 5.75 Å². The van der Waals surface area contributed by atoms with Gasteiger partial charge in [0.1, 0.15) is 18.4 Å². The lowest BCUT2D eigenvalue weighted by molar-refractivity contribution is -0.144. The third kappa shape index (κ3) is 4.97. The summed E-state index contributed by atoms with van der Waals surface area (Å²) in [6.45, 7) is 0.116. The van der Waals surface area contributed by atoms with Gasteiger partial charge in [-0.1, -0.05) is 109 Å². The van der Waals surface area contributed by atoms with Gasteiger partial charge in [-0.3, -0.25) is 10.1 Å². The van der Waals surface area contributed by atoms with Crippen molar-refractivity contribution in [2.45, 2.75) is 11.6 Å². The second kappa shape index (κ2) is 10.6. The van der Waals surface area contributed by atoms with Gasteiger partial charge in [0.05, 0.1) is 12.6 Å². The van der Waals surface area contributed by atoms with E-state index in [1.807, 2.05) is 84.9 Å². The molecule has 0 spiro atoms. The highest BCUT2D eigenvalue weighted by molar-refractivity contribution is 5.76. The van der Waals surface area contributed by atoms with E-state index in [-0.39, 0.29) is 6.61 Å². The average Bonchev–Trinajstić information content (AvgIpc) is 2.91. The molecule has 0 saturated carbocycles. The van der Waals surface area contributed by atoms with Gasteiger partial charge in [-0.2, -0.15) is 0 Å². The monoisotopic (exact) mass is 437 g/mol. The van der Waals surface area contributed by atoms with Gasteiger partial charge >= 0.3 is 5.97 Å². The van der Waals surface area contributed by atoms with Crippen LogP contribution >= 0.6 is 0 Å². The Kier molecular flexibility index (Phi) is 7.18. The fourth-order valence-corrected chi connectivity index (χ4v) is 4.08. The van der Waals surface area contributed by atoms with Crippen molar-refractivity contribution in [3.63, 3.8) is 0 Å². The molecule has 1 atom stereocenters. The van der Waals surface area contributed by atoms with Crippen LogP contribution < -0.4 is 10.1 Å². The molecule has 0 aliphatic carbocycles. The number of esters is 1. The van der Waals surface area contributed by atoms with Gasteiger partial charge in [0, 0.05) is 0 Å². The Morgan fingerprint density at radius 3 is 1.48 bits per heavy atom. The van der Waals surface area contributed by atoms with Gasteiger partial charge < -0.3 is 9.47 Å². The van der Waals surface area contributed by atoms with Crippen LogP contribution in [0.1, 0.15) is 16.7 Å². The quantitative estimate of drug-likeness (QED) is 0.289. The second-order valence-corrected chi connectivity index (χ2v) is 7.69. The molecule has 1 N–H and O–H groups in total. The van der Waals surface area contributed by atoms with Gasteiger partial charge in [-0.05, 0) is 28.8 Å². The van der Waals surface area contributed by atoms with Gasteiger partial charge in [-0.15, -0.1) is 0 Å². The normalized spacial score (nSPS) is 12.0. The molecule has 0 unspecified atom stereocenters. The van der Waals surface area contributed by atoms with E-state index in [9.17, 15) is 4.79 Å². The van der Waals surface area contributed by atoms with E-state index in [0.717, 1.165) is 16.7 Å². The maximum Gasteiger partial charge on any atom is 0.326 e. The molecule has 4 nitrogen and oxygen atoms in total. The van der Waals surface area contributed by atoms with Crippen molar-refractivity contribution in [1.82, 2.24) is 5.32 Å². The summed E-state index contributed by atoms with van der Waals surface area (Å²) >= 11 is 0. The Balaban J connectivity index is 1.83. The van der Waals surface area contributed by atoms with Crippen LogP contribution in [-0.4, -0.2) is 25.7 Å². The summed E-state index contributed by atoms with van der Waals surface area (Å²) in [4.78, 5) is 12.9. The van der Waals surface area contributed by atoms with Crippen molar-refractivity contribution in [2.24, 2.45) is 0 Å². The molecule has 33 heavy (non-hydrogen) atoms. The molecule has 0 aromatic heterocycles. The van der Waals surface area contributed by atoms with Gasteiger partial charge in [-0.25, -0.2) is 0 Å². The lowest BCUT2D eigenvalue weighted by atomic mass is 9.76. The zero-order valence-corrected chi connectivity index (χ0v) is 18.6. The Morgan fingerprint density at radius 2 is 1.09 bits per heavy atom. The standard InChI is InChI=1S/C29H27NO3/c1-32-28(31)27(22-33-26-20-12-5-13-21-26)30-29(23-14-6-2-7-15-23,24-16-8-3-9-17-24)25-18-10-4-11-19-25/h2-21,27,30H,22H2,1H3/t27-/m1/s1. The third-order valence-corrected chi connectivity index (χ3v) is 5.66. The van der Waals surface area contributed by atoms with E-state index in [1.54, 1.807) is 0 Å². The number of nitrogens with one attached hydrogen (secondary N) is 1. The predicted molar refractivity (Wildman–Crippen MR) is 130 cm³/mol. The van der Waals surface area contributed by atoms with Crippen LogP contribution in [0.15, 0.2) is 121 Å². The van der Waals surface area contributed by atoms with Gasteiger partial charge in [0.25, 0.3) is 0 Å². The number of rotatable bonds is 9. The highest BCUT2D eigenvalue weighted by Gasteiger charge is 2.40. The van der Waals surface area contributed by atoms with Crippen molar-refractivity contribution >= 4 is 5.97 Å². The summed E-state index contributed by atoms with van der Waals surface area (Å²) in [7, 11) is 1.40. The highest BCUT2D eigenvalue weighted by Crippen LogP contribution is 2.37. The SMILES string of the molecule is COC(=O)[C@@H](COc1ccccc1)NC(c1ccccc1)(c1ccccc1)c1ccccc1. The number of para-hydroxylation sites is 1. The lowest BCUT2D eigenvalue weighted by Crippen LogP contribution is -2.55. The van der Waals surface area contributed by atoms with E-state index in [4.69, 9.17) is 9.47 Å². The van der Waals surface area contributed by atoms with Crippen LogP contribution in [0.25, 0.3) is 0 Å². The van der Waals surface area contributed by atoms with E-state index >= 15 is 0 Å². The molecule has 0 aliphatic rings. The third-order valence-electron chi connectivity index (χ3n) is 5.66. The maximum atomic E-state index is 12.9. The molecule has 4 aromatic rings. The van der Waals surface area contributed by atoms with Crippen LogP contribution in [-0.2, 0) is 15.1 Å². The largest absolute Gasteiger partial charge is 0.491 e. The fourth-order valence-electron chi connectivity index (χ4n) is 4.08. The molecule has 0 aliphatic heterocycles. The zero-order valence-electron chi connectivity index (χ0n) is 18.6. The van der Waals surface area contributed by atoms with Crippen LogP contribution in [0.5, 0.6) is 5.75 Å². The molecule has 0 amide bonds. The highest BCUT2D eigenvalue weighted by atomic mass is 16.5. The Hall–Kier alpha value is -3.89. The first-order valence-electron chi connectivity index (χ1n) is 10.9. The predicted octanol–water partition coefficient (Wildman–Crippen LogP) is 5.19. The molecule has 166 valence electrons. The maximum absolute atomic E-state index is 12.9. The van der Waals surface area contributed by atoms with Crippen LogP contribution in [0, 0.1) is 0 Å². The molecule has 4 heteroatoms. The van der Waals surface area contributed by atoms with Crippen molar-refractivity contribution in [2.75, 3.05) is 13.7 Å². The Labute approximate surface area is 194 Å². The molecule has 4 rings (SSSR count). The van der Waals surface area contributed by atoms with Crippen LogP contribution in [0.4, 0.5) is 0 Å². The summed E-state index contributed by atoms with van der Waals surface area (Å²) in [6.07, 6.45) is 0. The number of methoxy groups -OCH3 is 1. The molecule has 0 fully saturated rings. The van der Waals surface area contributed by atoms with E-state index < -0.39 is 17.6 Å². The Morgan fingerprint density at radius 1 is 0.697 bits per heavy atom. The minimum atomic E-state index is -0.803. The first kappa shape index (κ1) is 22.3. The Bertz CT molecular complexity index is 1040. The zero-order chi connectivity index (χ0) is 22.9. The summed E-state index contributed by atoms with van der Waals surface area (Å²) in [5.74, 6) is 0.302. The first-order valence-corrected chi connectivity index (χ1v) is 10.9. The molecule has 0 heterocycles. The molecule has 0 radical (unpaired) electrons. The second-order valence-electron chi connectivity index (χ2n) is 7.69. The molecule has 0 bridgehead atoms. The molecule has 0 saturated heterocycles. The minimum Gasteiger partial charge on any atom is -0.491 e. The molecule has 4 aromatic carbocycles. The lowest BCUT2D eigenvalue weighted by Gasteiger charge is -2.39. The number of hydrogen-bond donors (Lipinski definition) is 1. The van der Waals surface area contributed by atoms with Crippen LogP contribution in [0.3, 0.4) is 0 Å². The minimum absolute atomic E-state index is 0.116. The fraction of sp³-hybridized carbons (Fsp3) is 0.138. The van der Waals surface area contributed by atoms with E-state index in [1.165, 1.54) is 7.11 Å². The summed E-state index contributed by atoms with van der Waals surface area (Å²) in [5.41, 5.74) is 2.23. The summed E-state index contributed by atoms with van der Waals surface area (Å²) in [5, 5.41) is 3.64. The number of carbonyl (C=O) groups excluding carboxylic acids is 1. The average molecular weight is 438 g/mol. The summed E-state index contributed by atoms with van der Waals surface area (Å²) in [6, 6.07) is 39.1. The van der Waals surface area contributed by atoms with Crippen molar-refractivity contribution in [3.05, 3.63) is 138 Å². The number of ether oxygens (including phenoxy) is 2. The first-order chi connectivity index (χ1) is 16.2. The van der Waals surface area contributed by atoms with Gasteiger partial charge in [0.15, 0.2) is 0 Å². The van der Waals surface area contributed by atoms with E-state index in [2.05, 4.69) is 41.7 Å². The number of hydrogen-bond acceptors (Lipinski definition) is 4. The van der Waals surface area contributed by atoms with Gasteiger partial charge in [0.2, 0.25) is 0 Å². The summed E-state index contributed by atoms with van der Waals surface area (Å²) < 4.78 is 11.2. The van der Waals surface area contributed by atoms with Crippen molar-refractivity contribution in [1.29, 1.82) is 0 Å². The molecular weight excluding hydrogens is 410 g/mol. The number of benzene rings is 4. The topological polar surface area (TPSA) is 47.6 Å². The molecular formula is C29H27NO3. The smallest absolute Gasteiger partial charge is 0.326 e. The van der Waals surface area contributed by atoms with Crippen LogP contribution in [0.2, 0.25) is 0 Å². The number of carbonyl (C=O) groups is 1.